The van der Waals surface area contributed by atoms with Crippen molar-refractivity contribution in [2.75, 3.05) is 7.05 Å². The van der Waals surface area contributed by atoms with Gasteiger partial charge in [-0.3, -0.25) is 0 Å². The minimum atomic E-state index is 0.223. The summed E-state index contributed by atoms with van der Waals surface area (Å²) in [4.78, 5) is 0. The zero-order chi connectivity index (χ0) is 14.0. The van der Waals surface area contributed by atoms with E-state index in [1.165, 1.54) is 0 Å². The summed E-state index contributed by atoms with van der Waals surface area (Å²) in [5, 5.41) is 4.51. The van der Waals surface area contributed by atoms with E-state index < -0.39 is 0 Å². The highest BCUT2D eigenvalue weighted by Crippen LogP contribution is 2.49. The van der Waals surface area contributed by atoms with Crippen molar-refractivity contribution < 1.29 is 4.74 Å². The summed E-state index contributed by atoms with van der Waals surface area (Å²) in [6.45, 7) is 4.47. The third-order valence-corrected chi connectivity index (χ3v) is 5.36. The predicted molar refractivity (Wildman–Crippen MR) is 81.4 cm³/mol. The van der Waals surface area contributed by atoms with Gasteiger partial charge in [-0.2, -0.15) is 0 Å². The Kier molecular flexibility index (Phi) is 4.65. The predicted octanol–water partition coefficient (Wildman–Crippen LogP) is 4.54. The van der Waals surface area contributed by atoms with Crippen LogP contribution >= 0.6 is 23.2 Å². The molecule has 0 spiro atoms. The van der Waals surface area contributed by atoms with Crippen LogP contribution in [0.1, 0.15) is 33.1 Å². The van der Waals surface area contributed by atoms with Gasteiger partial charge < -0.3 is 10.1 Å². The summed E-state index contributed by atoms with van der Waals surface area (Å²) >= 11 is 12.0. The molecule has 1 fully saturated rings. The van der Waals surface area contributed by atoms with Crippen molar-refractivity contribution in [1.29, 1.82) is 0 Å². The average Bonchev–Trinajstić information content (AvgIpc) is 2.40. The van der Waals surface area contributed by atoms with Crippen molar-refractivity contribution >= 4 is 23.2 Å². The monoisotopic (exact) mass is 301 g/mol. The molecule has 1 aromatic carbocycles. The average molecular weight is 302 g/mol. The molecule has 0 amide bonds. The minimum absolute atomic E-state index is 0.223. The molecule has 0 radical (unpaired) electrons. The smallest absolute Gasteiger partial charge is 0.121 e. The van der Waals surface area contributed by atoms with E-state index in [2.05, 4.69) is 19.2 Å². The van der Waals surface area contributed by atoms with Crippen LogP contribution in [-0.2, 0) is 0 Å². The quantitative estimate of drug-likeness (QED) is 0.862. The van der Waals surface area contributed by atoms with Gasteiger partial charge in [-0.05, 0) is 32.0 Å². The maximum Gasteiger partial charge on any atom is 0.121 e. The van der Waals surface area contributed by atoms with Crippen molar-refractivity contribution in [3.8, 4) is 5.75 Å². The van der Waals surface area contributed by atoms with Crippen LogP contribution in [0.3, 0.4) is 0 Å². The Bertz CT molecular complexity index is 446. The number of ether oxygens (including phenoxy) is 1. The first kappa shape index (κ1) is 15.0. The van der Waals surface area contributed by atoms with Crippen LogP contribution in [0.25, 0.3) is 0 Å². The largest absolute Gasteiger partial charge is 0.490 e. The summed E-state index contributed by atoms with van der Waals surface area (Å²) in [5.74, 6) is 0.806. The molecule has 106 valence electrons. The molecule has 1 saturated carbocycles. The highest BCUT2D eigenvalue weighted by atomic mass is 35.5. The second kappa shape index (κ2) is 5.90. The van der Waals surface area contributed by atoms with Crippen molar-refractivity contribution in [1.82, 2.24) is 5.32 Å². The van der Waals surface area contributed by atoms with Gasteiger partial charge in [-0.1, -0.05) is 37.0 Å². The van der Waals surface area contributed by atoms with Gasteiger partial charge in [0.2, 0.25) is 0 Å². The van der Waals surface area contributed by atoms with Gasteiger partial charge in [0.1, 0.15) is 11.9 Å². The zero-order valence-corrected chi connectivity index (χ0v) is 13.2. The van der Waals surface area contributed by atoms with Crippen molar-refractivity contribution in [3.05, 3.63) is 28.2 Å². The molecule has 4 heteroatoms. The van der Waals surface area contributed by atoms with Gasteiger partial charge >= 0.3 is 0 Å². The SMILES string of the molecule is CCC1(CC)C(NC)CC1Oc1ccc(Cl)c(Cl)c1. The van der Waals surface area contributed by atoms with E-state index in [1.54, 1.807) is 12.1 Å². The van der Waals surface area contributed by atoms with E-state index in [1.807, 2.05) is 13.1 Å². The van der Waals surface area contributed by atoms with Crippen LogP contribution in [-0.4, -0.2) is 19.2 Å². The maximum atomic E-state index is 6.13. The molecule has 0 saturated heterocycles. The molecule has 2 unspecified atom stereocenters. The summed E-state index contributed by atoms with van der Waals surface area (Å²) in [6, 6.07) is 6.01. The lowest BCUT2D eigenvalue weighted by Crippen LogP contribution is -2.63. The number of rotatable bonds is 5. The Morgan fingerprint density at radius 3 is 2.47 bits per heavy atom. The van der Waals surface area contributed by atoms with Gasteiger partial charge in [-0.15, -0.1) is 0 Å². The van der Waals surface area contributed by atoms with E-state index in [9.17, 15) is 0 Å². The lowest BCUT2D eigenvalue weighted by atomic mass is 9.58. The van der Waals surface area contributed by atoms with Crippen molar-refractivity contribution in [3.63, 3.8) is 0 Å². The van der Waals surface area contributed by atoms with Crippen LogP contribution in [0.15, 0.2) is 18.2 Å². The Morgan fingerprint density at radius 2 is 1.95 bits per heavy atom. The Morgan fingerprint density at radius 1 is 1.26 bits per heavy atom. The molecule has 0 heterocycles. The van der Waals surface area contributed by atoms with Crippen molar-refractivity contribution in [2.45, 2.75) is 45.3 Å². The number of nitrogens with one attached hydrogen (secondary N) is 1. The number of hydrogen-bond acceptors (Lipinski definition) is 2. The topological polar surface area (TPSA) is 21.3 Å². The number of hydrogen-bond donors (Lipinski definition) is 1. The molecular weight excluding hydrogens is 281 g/mol. The molecule has 19 heavy (non-hydrogen) atoms. The second-order valence-electron chi connectivity index (χ2n) is 5.20. The Hall–Kier alpha value is -0.440. The molecule has 2 nitrogen and oxygen atoms in total. The summed E-state index contributed by atoms with van der Waals surface area (Å²) < 4.78 is 6.13. The van der Waals surface area contributed by atoms with Crippen LogP contribution in [0.4, 0.5) is 0 Å². The van der Waals surface area contributed by atoms with Crippen LogP contribution in [0, 0.1) is 5.41 Å². The number of halogens is 2. The van der Waals surface area contributed by atoms with Gasteiger partial charge in [-0.25, -0.2) is 0 Å². The molecule has 1 aliphatic rings. The highest BCUT2D eigenvalue weighted by Gasteiger charge is 2.53. The lowest BCUT2D eigenvalue weighted by molar-refractivity contribution is -0.0835. The minimum Gasteiger partial charge on any atom is -0.490 e. The second-order valence-corrected chi connectivity index (χ2v) is 6.01. The maximum absolute atomic E-state index is 6.13. The van der Waals surface area contributed by atoms with Crippen LogP contribution in [0.5, 0.6) is 5.75 Å². The van der Waals surface area contributed by atoms with E-state index in [4.69, 9.17) is 27.9 Å². The summed E-state index contributed by atoms with van der Waals surface area (Å²) in [5.41, 5.74) is 0.223. The third-order valence-electron chi connectivity index (χ3n) is 4.62. The lowest BCUT2D eigenvalue weighted by Gasteiger charge is -2.55. The first-order chi connectivity index (χ1) is 9.07. The molecule has 1 aliphatic carbocycles. The molecule has 0 bridgehead atoms. The van der Waals surface area contributed by atoms with Gasteiger partial charge in [0.25, 0.3) is 0 Å². The fourth-order valence-corrected chi connectivity index (χ4v) is 3.52. The molecule has 1 aromatic rings. The van der Waals surface area contributed by atoms with E-state index in [0.29, 0.717) is 16.1 Å². The zero-order valence-electron chi connectivity index (χ0n) is 11.7. The summed E-state index contributed by atoms with van der Waals surface area (Å²) in [7, 11) is 2.03. The first-order valence-electron chi connectivity index (χ1n) is 6.86. The molecule has 2 rings (SSSR count). The third kappa shape index (κ3) is 2.58. The fraction of sp³-hybridized carbons (Fsp3) is 0.600. The van der Waals surface area contributed by atoms with E-state index >= 15 is 0 Å². The normalized spacial score (nSPS) is 24.9. The van der Waals surface area contributed by atoms with Gasteiger partial charge in [0.05, 0.1) is 10.0 Å². The first-order valence-corrected chi connectivity index (χ1v) is 7.62. The molecule has 0 aromatic heterocycles. The van der Waals surface area contributed by atoms with Crippen LogP contribution < -0.4 is 10.1 Å². The van der Waals surface area contributed by atoms with E-state index in [0.717, 1.165) is 25.0 Å². The van der Waals surface area contributed by atoms with Gasteiger partial charge in [0.15, 0.2) is 0 Å². The standard InChI is InChI=1S/C15H21Cl2NO/c1-4-15(5-2)13(18-3)9-14(15)19-10-6-7-11(16)12(17)8-10/h6-8,13-14,18H,4-5,9H2,1-3H3. The fourth-order valence-electron chi connectivity index (χ4n) is 3.23. The highest BCUT2D eigenvalue weighted by molar-refractivity contribution is 6.42. The van der Waals surface area contributed by atoms with E-state index in [-0.39, 0.29) is 11.5 Å². The molecule has 1 N–H and O–H groups in total. The molecule has 0 aliphatic heterocycles. The Balaban J connectivity index is 2.13. The molecular formula is C15H21Cl2NO. The Labute approximate surface area is 125 Å². The number of benzene rings is 1. The van der Waals surface area contributed by atoms with Crippen LogP contribution in [0.2, 0.25) is 10.0 Å². The van der Waals surface area contributed by atoms with Crippen molar-refractivity contribution in [2.24, 2.45) is 5.41 Å². The molecule has 2 atom stereocenters. The summed E-state index contributed by atoms with van der Waals surface area (Å²) in [6.07, 6.45) is 3.51. The van der Waals surface area contributed by atoms with Gasteiger partial charge in [0, 0.05) is 23.9 Å².